The first-order chi connectivity index (χ1) is 16.0. The number of amides is 2. The summed E-state index contributed by atoms with van der Waals surface area (Å²) in [5.74, 6) is -0.0218. The Labute approximate surface area is 202 Å². The van der Waals surface area contributed by atoms with Crippen LogP contribution in [0.4, 0.5) is 11.4 Å². The van der Waals surface area contributed by atoms with Gasteiger partial charge in [0.15, 0.2) is 0 Å². The van der Waals surface area contributed by atoms with Crippen molar-refractivity contribution in [2.45, 2.75) is 25.2 Å². The minimum Gasteiger partial charge on any atom is -0.494 e. The second-order valence-corrected chi connectivity index (χ2v) is 8.83. The first-order valence-electron chi connectivity index (χ1n) is 10.7. The zero-order valence-electron chi connectivity index (χ0n) is 18.3. The summed E-state index contributed by atoms with van der Waals surface area (Å²) in [6.07, 6.45) is 0.878. The van der Waals surface area contributed by atoms with E-state index in [1.807, 2.05) is 55.5 Å². The summed E-state index contributed by atoms with van der Waals surface area (Å²) in [6, 6.07) is 21.9. The number of nitrogens with zero attached hydrogens (tertiary/aromatic N) is 1. The van der Waals surface area contributed by atoms with Crippen LogP contribution in [0.3, 0.4) is 0 Å². The van der Waals surface area contributed by atoms with Crippen LogP contribution in [-0.2, 0) is 16.0 Å². The first-order valence-corrected chi connectivity index (χ1v) is 11.8. The molecule has 7 heteroatoms. The number of imide groups is 1. The van der Waals surface area contributed by atoms with Crippen LogP contribution in [0.5, 0.6) is 5.75 Å². The summed E-state index contributed by atoms with van der Waals surface area (Å²) >= 11 is 7.24. The van der Waals surface area contributed by atoms with Crippen molar-refractivity contribution >= 4 is 46.6 Å². The predicted octanol–water partition coefficient (Wildman–Crippen LogP) is 6.29. The van der Waals surface area contributed by atoms with Gasteiger partial charge < -0.3 is 10.1 Å². The van der Waals surface area contributed by atoms with Crippen molar-refractivity contribution in [1.82, 2.24) is 0 Å². The second-order valence-electron chi connectivity index (χ2n) is 7.31. The minimum absolute atomic E-state index is 0.240. The SMILES string of the molecule is CCOc1ccc(NC2=C(Sc3ccc(Cl)cc3)C(=O)N(c3ccc(CC)cc3)C2=O)cc1. The second kappa shape index (κ2) is 10.1. The molecule has 5 nitrogen and oxygen atoms in total. The Bertz CT molecular complexity index is 1190. The van der Waals surface area contributed by atoms with Gasteiger partial charge in [-0.05, 0) is 79.6 Å². The van der Waals surface area contributed by atoms with Crippen molar-refractivity contribution in [3.05, 3.63) is 94.0 Å². The van der Waals surface area contributed by atoms with E-state index in [0.29, 0.717) is 27.9 Å². The van der Waals surface area contributed by atoms with Gasteiger partial charge in [0.25, 0.3) is 11.8 Å². The van der Waals surface area contributed by atoms with E-state index in [9.17, 15) is 9.59 Å². The number of benzene rings is 3. The molecule has 0 saturated carbocycles. The highest BCUT2D eigenvalue weighted by molar-refractivity contribution is 8.04. The van der Waals surface area contributed by atoms with Crippen LogP contribution >= 0.6 is 23.4 Å². The van der Waals surface area contributed by atoms with Gasteiger partial charge in [0.2, 0.25) is 0 Å². The molecule has 0 radical (unpaired) electrons. The quantitative estimate of drug-likeness (QED) is 0.385. The molecule has 1 aliphatic rings. The third-order valence-corrected chi connectivity index (χ3v) is 6.46. The number of hydrogen-bond donors (Lipinski definition) is 1. The lowest BCUT2D eigenvalue weighted by atomic mass is 10.1. The molecule has 33 heavy (non-hydrogen) atoms. The molecule has 2 amide bonds. The zero-order valence-corrected chi connectivity index (χ0v) is 19.9. The third kappa shape index (κ3) is 5.07. The maximum Gasteiger partial charge on any atom is 0.283 e. The lowest BCUT2D eigenvalue weighted by molar-refractivity contribution is -0.120. The highest BCUT2D eigenvalue weighted by Crippen LogP contribution is 2.38. The number of carbonyl (C=O) groups is 2. The molecule has 168 valence electrons. The Kier molecular flexibility index (Phi) is 7.06. The van der Waals surface area contributed by atoms with Gasteiger partial charge in [-0.15, -0.1) is 0 Å². The van der Waals surface area contributed by atoms with E-state index in [-0.39, 0.29) is 11.6 Å². The fraction of sp³-hybridized carbons (Fsp3) is 0.154. The molecule has 1 N–H and O–H groups in total. The van der Waals surface area contributed by atoms with Crippen molar-refractivity contribution in [1.29, 1.82) is 0 Å². The fourth-order valence-electron chi connectivity index (χ4n) is 3.40. The molecule has 3 aromatic carbocycles. The molecule has 3 aromatic rings. The van der Waals surface area contributed by atoms with Crippen molar-refractivity contribution in [3.63, 3.8) is 0 Å². The van der Waals surface area contributed by atoms with E-state index in [1.54, 1.807) is 24.3 Å². The molecule has 1 heterocycles. The highest BCUT2D eigenvalue weighted by Gasteiger charge is 2.40. The van der Waals surface area contributed by atoms with Gasteiger partial charge >= 0.3 is 0 Å². The van der Waals surface area contributed by atoms with E-state index in [1.165, 1.54) is 16.7 Å². The fourth-order valence-corrected chi connectivity index (χ4v) is 4.45. The normalized spacial score (nSPS) is 13.6. The van der Waals surface area contributed by atoms with Crippen LogP contribution in [0, 0.1) is 0 Å². The molecule has 0 aliphatic carbocycles. The van der Waals surface area contributed by atoms with Gasteiger partial charge in [-0.25, -0.2) is 4.90 Å². The summed E-state index contributed by atoms with van der Waals surface area (Å²) in [5, 5.41) is 3.76. The number of carbonyl (C=O) groups excluding carboxylic acids is 2. The molecule has 0 fully saturated rings. The van der Waals surface area contributed by atoms with Crippen molar-refractivity contribution in [3.8, 4) is 5.75 Å². The Morgan fingerprint density at radius 2 is 1.55 bits per heavy atom. The molecule has 1 aliphatic heterocycles. The van der Waals surface area contributed by atoms with Crippen LogP contribution in [0.2, 0.25) is 5.02 Å². The highest BCUT2D eigenvalue weighted by atomic mass is 35.5. The molecular weight excluding hydrogens is 456 g/mol. The molecule has 0 spiro atoms. The monoisotopic (exact) mass is 478 g/mol. The molecule has 0 saturated heterocycles. The molecule has 0 unspecified atom stereocenters. The molecule has 0 aromatic heterocycles. The van der Waals surface area contributed by atoms with Gasteiger partial charge in [-0.2, -0.15) is 0 Å². The van der Waals surface area contributed by atoms with Crippen LogP contribution in [0.15, 0.2) is 88.3 Å². The van der Waals surface area contributed by atoms with Crippen molar-refractivity contribution in [2.24, 2.45) is 0 Å². The average Bonchev–Trinajstić information content (AvgIpc) is 3.06. The summed E-state index contributed by atoms with van der Waals surface area (Å²) in [6.45, 7) is 4.54. The summed E-state index contributed by atoms with van der Waals surface area (Å²) in [5.41, 5.74) is 2.60. The number of halogens is 1. The van der Waals surface area contributed by atoms with Crippen LogP contribution in [0.25, 0.3) is 0 Å². The van der Waals surface area contributed by atoms with E-state index < -0.39 is 5.91 Å². The van der Waals surface area contributed by atoms with Gasteiger partial charge in [0.1, 0.15) is 16.4 Å². The topological polar surface area (TPSA) is 58.6 Å². The smallest absolute Gasteiger partial charge is 0.283 e. The van der Waals surface area contributed by atoms with Crippen molar-refractivity contribution < 1.29 is 14.3 Å². The van der Waals surface area contributed by atoms with Gasteiger partial charge in [0.05, 0.1) is 12.3 Å². The largest absolute Gasteiger partial charge is 0.494 e. The zero-order chi connectivity index (χ0) is 23.4. The lowest BCUT2D eigenvalue weighted by Crippen LogP contribution is -2.32. The molecule has 0 bridgehead atoms. The Morgan fingerprint density at radius 1 is 0.879 bits per heavy atom. The average molecular weight is 479 g/mol. The van der Waals surface area contributed by atoms with Gasteiger partial charge in [-0.1, -0.05) is 42.4 Å². The maximum atomic E-state index is 13.4. The number of thioether (sulfide) groups is 1. The number of rotatable bonds is 8. The number of nitrogens with one attached hydrogen (secondary N) is 1. The summed E-state index contributed by atoms with van der Waals surface area (Å²) in [4.78, 5) is 29.2. The van der Waals surface area contributed by atoms with E-state index in [4.69, 9.17) is 16.3 Å². The predicted molar refractivity (Wildman–Crippen MR) is 134 cm³/mol. The molecular formula is C26H23ClN2O3S. The maximum absolute atomic E-state index is 13.4. The van der Waals surface area contributed by atoms with Crippen molar-refractivity contribution in [2.75, 3.05) is 16.8 Å². The van der Waals surface area contributed by atoms with Crippen LogP contribution in [-0.4, -0.2) is 18.4 Å². The van der Waals surface area contributed by atoms with Gasteiger partial charge in [-0.3, -0.25) is 9.59 Å². The number of ether oxygens (including phenoxy) is 1. The van der Waals surface area contributed by atoms with Crippen LogP contribution in [0.1, 0.15) is 19.4 Å². The lowest BCUT2D eigenvalue weighted by Gasteiger charge is -2.16. The Balaban J connectivity index is 1.68. The number of anilines is 2. The summed E-state index contributed by atoms with van der Waals surface area (Å²) in [7, 11) is 0. The van der Waals surface area contributed by atoms with Gasteiger partial charge in [0, 0.05) is 15.6 Å². The van der Waals surface area contributed by atoms with Crippen LogP contribution < -0.4 is 15.0 Å². The number of hydrogen-bond acceptors (Lipinski definition) is 5. The Hall–Kier alpha value is -3.22. The molecule has 0 atom stereocenters. The Morgan fingerprint density at radius 3 is 2.15 bits per heavy atom. The first kappa shape index (κ1) is 23.0. The van der Waals surface area contributed by atoms with E-state index in [0.717, 1.165) is 22.6 Å². The number of aryl methyl sites for hydroxylation is 1. The van der Waals surface area contributed by atoms with E-state index in [2.05, 4.69) is 12.2 Å². The standard InChI is InChI=1S/C26H23ClN2O3S/c1-3-17-5-11-20(12-6-17)29-25(30)23(28-19-9-13-21(14-10-19)32-4-2)24(26(29)31)33-22-15-7-18(27)8-16-22/h5-16,28H,3-4H2,1-2H3. The van der Waals surface area contributed by atoms with E-state index >= 15 is 0 Å². The summed E-state index contributed by atoms with van der Waals surface area (Å²) < 4.78 is 5.49. The molecule has 4 rings (SSSR count). The third-order valence-electron chi connectivity index (χ3n) is 5.11. The minimum atomic E-state index is -0.394.